The number of carbonyl (C=O) groups excluding carboxylic acids is 1. The summed E-state index contributed by atoms with van der Waals surface area (Å²) in [6, 6.07) is -0.864. The molecule has 12 heteroatoms. The number of ketones is 1. The lowest BCUT2D eigenvalue weighted by molar-refractivity contribution is -0.401. The molecule has 2 spiro atoms. The van der Waals surface area contributed by atoms with Crippen LogP contribution < -0.4 is 5.73 Å². The van der Waals surface area contributed by atoms with Crippen LogP contribution in [0.15, 0.2) is 12.2 Å². The normalized spacial score (nSPS) is 44.6. The van der Waals surface area contributed by atoms with Crippen LogP contribution in [0.4, 0.5) is 0 Å². The van der Waals surface area contributed by atoms with E-state index in [2.05, 4.69) is 6.92 Å². The quantitative estimate of drug-likeness (QED) is 0.181. The Labute approximate surface area is 303 Å². The van der Waals surface area contributed by atoms with Gasteiger partial charge in [-0.15, -0.1) is 0 Å². The van der Waals surface area contributed by atoms with Crippen LogP contribution in [0.1, 0.15) is 119 Å². The van der Waals surface area contributed by atoms with Crippen LogP contribution in [0.3, 0.4) is 0 Å². The van der Waals surface area contributed by atoms with Gasteiger partial charge in [0.05, 0.1) is 60.3 Å². The zero-order chi connectivity index (χ0) is 37.5. The minimum atomic E-state index is -1.35. The predicted octanol–water partition coefficient (Wildman–Crippen LogP) is 4.24. The topological polar surface area (TPSA) is 187 Å². The number of carboxylic acid groups (broad SMARTS) is 1. The second-order valence-corrected chi connectivity index (χ2v) is 16.4. The number of nitrogens with two attached hydrogens (primary N) is 1. The summed E-state index contributed by atoms with van der Waals surface area (Å²) in [4.78, 5) is 26.1. The number of aliphatic hydroxyl groups excluding tert-OH is 2. The van der Waals surface area contributed by atoms with E-state index in [9.17, 15) is 30.0 Å². The zero-order valence-corrected chi connectivity index (χ0v) is 31.7. The van der Waals surface area contributed by atoms with E-state index in [-0.39, 0.29) is 35.9 Å². The molecule has 51 heavy (non-hydrogen) atoms. The SMILES string of the molecule is CC[C@@H](C(=O)[C@@H](C)[C@@H](O)[C@H](N)[C@H]1CCC[C@H]([C@@H](CC)C(=O)O)O1)[C@H]1O[C@@]2(C=C[C@@H](O)[C@]3(CCC([C@H]4CC[C@](O)(CC)[C@H](C)O4)O3)O2)[C@H](C)C[C@@H]1C. The number of aliphatic hydroxyl groups is 3. The number of carboxylic acids is 1. The van der Waals surface area contributed by atoms with Crippen molar-refractivity contribution >= 4 is 11.8 Å². The van der Waals surface area contributed by atoms with Gasteiger partial charge in [-0.2, -0.15) is 0 Å². The van der Waals surface area contributed by atoms with Crippen LogP contribution in [0.25, 0.3) is 0 Å². The molecular formula is C39H65NO11. The van der Waals surface area contributed by atoms with Crippen LogP contribution in [0.2, 0.25) is 0 Å². The molecule has 0 aromatic heterocycles. The third kappa shape index (κ3) is 7.87. The molecule has 1 unspecified atom stereocenters. The molecule has 0 aliphatic carbocycles. The predicted molar refractivity (Wildman–Crippen MR) is 188 cm³/mol. The summed E-state index contributed by atoms with van der Waals surface area (Å²) in [6.07, 6.45) is 5.18. The molecule has 4 fully saturated rings. The molecule has 12 nitrogen and oxygen atoms in total. The van der Waals surface area contributed by atoms with E-state index in [0.29, 0.717) is 64.2 Å². The average Bonchev–Trinajstić information content (AvgIpc) is 3.53. The van der Waals surface area contributed by atoms with Crippen molar-refractivity contribution in [3.8, 4) is 0 Å². The average molecular weight is 724 g/mol. The first-order chi connectivity index (χ1) is 24.0. The van der Waals surface area contributed by atoms with Gasteiger partial charge in [0.15, 0.2) is 5.79 Å². The minimum absolute atomic E-state index is 0.00606. The Morgan fingerprint density at radius 2 is 1.61 bits per heavy atom. The molecule has 292 valence electrons. The second kappa shape index (κ2) is 16.1. The zero-order valence-electron chi connectivity index (χ0n) is 31.7. The van der Waals surface area contributed by atoms with Gasteiger partial charge >= 0.3 is 5.97 Å². The molecule has 0 radical (unpaired) electrons. The fourth-order valence-electron chi connectivity index (χ4n) is 9.62. The molecule has 0 saturated carbocycles. The van der Waals surface area contributed by atoms with E-state index in [1.165, 1.54) is 0 Å². The number of hydrogen-bond donors (Lipinski definition) is 5. The van der Waals surface area contributed by atoms with E-state index in [0.717, 1.165) is 6.42 Å². The van der Waals surface area contributed by atoms with Crippen LogP contribution in [0, 0.1) is 29.6 Å². The minimum Gasteiger partial charge on any atom is -0.481 e. The van der Waals surface area contributed by atoms with Gasteiger partial charge in [-0.05, 0) is 89.2 Å². The van der Waals surface area contributed by atoms with Gasteiger partial charge in [-0.1, -0.05) is 41.5 Å². The van der Waals surface area contributed by atoms with Crippen LogP contribution >= 0.6 is 0 Å². The van der Waals surface area contributed by atoms with Gasteiger partial charge in [0.25, 0.3) is 0 Å². The van der Waals surface area contributed by atoms with E-state index in [1.807, 2.05) is 34.6 Å². The Balaban J connectivity index is 1.28. The lowest BCUT2D eigenvalue weighted by Crippen LogP contribution is -2.62. The molecule has 0 aromatic carbocycles. The molecule has 0 bridgehead atoms. The smallest absolute Gasteiger partial charge is 0.309 e. The second-order valence-electron chi connectivity index (χ2n) is 16.4. The number of Topliss-reactive ketones (excluding diaryl/α,β-unsaturated/α-hetero) is 1. The summed E-state index contributed by atoms with van der Waals surface area (Å²) >= 11 is 0. The maximum Gasteiger partial charge on any atom is 0.309 e. The van der Waals surface area contributed by atoms with Crippen molar-refractivity contribution in [2.24, 2.45) is 35.3 Å². The Bertz CT molecular complexity index is 1250. The molecule has 4 saturated heterocycles. The Morgan fingerprint density at radius 1 is 0.941 bits per heavy atom. The highest BCUT2D eigenvalue weighted by Gasteiger charge is 2.60. The van der Waals surface area contributed by atoms with Crippen LogP contribution in [-0.4, -0.2) is 104 Å². The summed E-state index contributed by atoms with van der Waals surface area (Å²) < 4.78 is 32.7. The maximum absolute atomic E-state index is 14.3. The first kappa shape index (κ1) is 40.7. The van der Waals surface area contributed by atoms with Crippen molar-refractivity contribution in [3.63, 3.8) is 0 Å². The summed E-state index contributed by atoms with van der Waals surface area (Å²) in [5.41, 5.74) is 5.70. The monoisotopic (exact) mass is 723 g/mol. The first-order valence-electron chi connectivity index (χ1n) is 19.7. The fraction of sp³-hybridized carbons (Fsp3) is 0.897. The molecule has 5 aliphatic heterocycles. The molecule has 0 amide bonds. The van der Waals surface area contributed by atoms with Crippen molar-refractivity contribution in [1.82, 2.24) is 0 Å². The van der Waals surface area contributed by atoms with Gasteiger partial charge in [0.2, 0.25) is 5.79 Å². The van der Waals surface area contributed by atoms with Crippen LogP contribution in [0.5, 0.6) is 0 Å². The number of rotatable bonds is 12. The summed E-state index contributed by atoms with van der Waals surface area (Å²) in [7, 11) is 0. The summed E-state index contributed by atoms with van der Waals surface area (Å²) in [6.45, 7) is 13.4. The molecule has 17 atom stereocenters. The van der Waals surface area contributed by atoms with E-state index in [1.54, 1.807) is 19.1 Å². The van der Waals surface area contributed by atoms with E-state index in [4.69, 9.17) is 29.4 Å². The largest absolute Gasteiger partial charge is 0.481 e. The lowest BCUT2D eigenvalue weighted by atomic mass is 9.74. The third-order valence-corrected chi connectivity index (χ3v) is 13.3. The molecule has 5 rings (SSSR count). The molecular weight excluding hydrogens is 658 g/mol. The Kier molecular flexibility index (Phi) is 12.8. The molecule has 6 N–H and O–H groups in total. The van der Waals surface area contributed by atoms with Crippen molar-refractivity contribution in [2.75, 3.05) is 0 Å². The van der Waals surface area contributed by atoms with Gasteiger partial charge in [0.1, 0.15) is 11.9 Å². The van der Waals surface area contributed by atoms with E-state index < -0.39 is 77.5 Å². The highest BCUT2D eigenvalue weighted by atomic mass is 16.8. The molecule has 5 heterocycles. The van der Waals surface area contributed by atoms with Crippen molar-refractivity contribution in [3.05, 3.63) is 12.2 Å². The first-order valence-corrected chi connectivity index (χ1v) is 19.7. The highest BCUT2D eigenvalue weighted by Crippen LogP contribution is 2.51. The van der Waals surface area contributed by atoms with Gasteiger partial charge in [0, 0.05) is 24.2 Å². The number of carbonyl (C=O) groups is 2. The number of hydrogen-bond acceptors (Lipinski definition) is 11. The van der Waals surface area contributed by atoms with Gasteiger partial charge in [-0.25, -0.2) is 0 Å². The van der Waals surface area contributed by atoms with Gasteiger partial charge < -0.3 is 49.8 Å². The fourth-order valence-corrected chi connectivity index (χ4v) is 9.62. The maximum atomic E-state index is 14.3. The molecule has 0 aromatic rings. The Morgan fingerprint density at radius 3 is 2.24 bits per heavy atom. The third-order valence-electron chi connectivity index (χ3n) is 13.3. The number of ether oxygens (including phenoxy) is 5. The number of aliphatic carboxylic acids is 1. The van der Waals surface area contributed by atoms with E-state index >= 15 is 0 Å². The standard InChI is InChI=1S/C39H65NO11/c1-8-25(36(44)45)27-12-11-13-30(48-27)32(40)34(43)23(6)33(42)26(9-2)35-21(4)20-22(5)38(50-35)19-16-31(41)39(51-38)18-15-29(49-39)28-14-17-37(46,10-3)24(7)47-28/h16,19,21-32,34-35,41,43,46H,8-15,17-18,20,40H2,1-7H3,(H,44,45)/t21-,22+,23+,24-,25+,26-,27+,28+,29?,30+,31+,32+,34+,35-,37+,38+,39-/m0/s1. The lowest BCUT2D eigenvalue weighted by Gasteiger charge is -2.53. The summed E-state index contributed by atoms with van der Waals surface area (Å²) in [5.74, 6) is -5.81. The van der Waals surface area contributed by atoms with Crippen molar-refractivity contribution in [2.45, 2.75) is 191 Å². The highest BCUT2D eigenvalue weighted by molar-refractivity contribution is 5.84. The van der Waals surface area contributed by atoms with Gasteiger partial charge in [-0.3, -0.25) is 9.59 Å². The summed E-state index contributed by atoms with van der Waals surface area (Å²) in [5, 5.41) is 43.3. The van der Waals surface area contributed by atoms with Crippen molar-refractivity contribution < 1.29 is 53.7 Å². The van der Waals surface area contributed by atoms with Crippen LogP contribution in [-0.2, 0) is 33.3 Å². The Hall–Kier alpha value is -1.48. The molecule has 5 aliphatic rings. The van der Waals surface area contributed by atoms with Crippen molar-refractivity contribution in [1.29, 1.82) is 0 Å².